The van der Waals surface area contributed by atoms with Crippen LogP contribution in [0.1, 0.15) is 58.9 Å². The molecule has 0 aliphatic carbocycles. The van der Waals surface area contributed by atoms with E-state index in [1.54, 1.807) is 10.4 Å². The topological polar surface area (TPSA) is 40.6 Å². The number of piperidine rings is 2. The molecule has 0 spiro atoms. The van der Waals surface area contributed by atoms with E-state index in [2.05, 4.69) is 32.6 Å². The highest BCUT2D eigenvalue weighted by Crippen LogP contribution is 2.29. The van der Waals surface area contributed by atoms with Crippen molar-refractivity contribution in [1.29, 1.82) is 0 Å². The van der Waals surface area contributed by atoms with Crippen molar-refractivity contribution < 1.29 is 8.42 Å². The van der Waals surface area contributed by atoms with E-state index in [1.165, 1.54) is 25.9 Å². The normalized spacial score (nSPS) is 22.6. The Labute approximate surface area is 159 Å². The van der Waals surface area contributed by atoms with E-state index in [0.29, 0.717) is 24.0 Å². The van der Waals surface area contributed by atoms with Crippen molar-refractivity contribution >= 4 is 10.0 Å². The summed E-state index contributed by atoms with van der Waals surface area (Å²) in [6, 6.07) is 8.03. The van der Waals surface area contributed by atoms with Gasteiger partial charge in [-0.1, -0.05) is 39.8 Å². The van der Waals surface area contributed by atoms with Gasteiger partial charge in [-0.15, -0.1) is 0 Å². The Morgan fingerprint density at radius 1 is 0.962 bits per heavy atom. The lowest BCUT2D eigenvalue weighted by molar-refractivity contribution is 0.101. The fraction of sp³-hybridized carbons (Fsp3) is 0.714. The van der Waals surface area contributed by atoms with Crippen LogP contribution in [0.25, 0.3) is 0 Å². The first-order valence-electron chi connectivity index (χ1n) is 10.0. The van der Waals surface area contributed by atoms with Crippen LogP contribution in [0.2, 0.25) is 0 Å². The zero-order chi connectivity index (χ0) is 18.9. The molecular formula is C21H34N2O2S. The van der Waals surface area contributed by atoms with Gasteiger partial charge in [0.25, 0.3) is 0 Å². The van der Waals surface area contributed by atoms with Crippen molar-refractivity contribution in [1.82, 2.24) is 9.21 Å². The monoisotopic (exact) mass is 378 g/mol. The number of hydrogen-bond donors (Lipinski definition) is 0. The highest BCUT2D eigenvalue weighted by molar-refractivity contribution is 7.89. The summed E-state index contributed by atoms with van der Waals surface area (Å²) in [7, 11) is -3.39. The summed E-state index contributed by atoms with van der Waals surface area (Å²) < 4.78 is 27.9. The van der Waals surface area contributed by atoms with Crippen LogP contribution in [-0.2, 0) is 15.4 Å². The maximum atomic E-state index is 13.1. The van der Waals surface area contributed by atoms with Gasteiger partial charge in [-0.25, -0.2) is 8.42 Å². The van der Waals surface area contributed by atoms with Gasteiger partial charge in [-0.3, -0.25) is 0 Å². The van der Waals surface area contributed by atoms with Crippen molar-refractivity contribution in [2.75, 3.05) is 26.2 Å². The summed E-state index contributed by atoms with van der Waals surface area (Å²) in [5.41, 5.74) is 1.01. The number of benzene rings is 1. The first-order chi connectivity index (χ1) is 12.2. The molecule has 0 radical (unpaired) electrons. The molecule has 2 aliphatic rings. The molecule has 0 atom stereocenters. The average molecular weight is 379 g/mol. The van der Waals surface area contributed by atoms with Crippen LogP contribution in [0, 0.1) is 5.92 Å². The van der Waals surface area contributed by atoms with Gasteiger partial charge >= 0.3 is 0 Å². The lowest BCUT2D eigenvalue weighted by Gasteiger charge is -2.41. The van der Waals surface area contributed by atoms with Crippen LogP contribution < -0.4 is 0 Å². The van der Waals surface area contributed by atoms with E-state index in [9.17, 15) is 8.42 Å². The molecule has 2 aliphatic heterocycles. The third-order valence-electron chi connectivity index (χ3n) is 6.10. The van der Waals surface area contributed by atoms with Crippen molar-refractivity contribution in [3.8, 4) is 0 Å². The Balaban J connectivity index is 1.67. The molecule has 0 aromatic heterocycles. The number of rotatable bonds is 3. The fourth-order valence-corrected chi connectivity index (χ4v) is 5.63. The molecule has 5 heteroatoms. The molecule has 1 aromatic carbocycles. The molecule has 2 fully saturated rings. The van der Waals surface area contributed by atoms with Crippen LogP contribution in [-0.4, -0.2) is 49.8 Å². The lowest BCUT2D eigenvalue weighted by atomic mass is 9.87. The van der Waals surface area contributed by atoms with Gasteiger partial charge in [0.05, 0.1) is 4.90 Å². The second kappa shape index (κ2) is 7.61. The quantitative estimate of drug-likeness (QED) is 0.802. The number of likely N-dealkylation sites (tertiary alicyclic amines) is 1. The zero-order valence-corrected chi connectivity index (χ0v) is 17.6. The van der Waals surface area contributed by atoms with Crippen LogP contribution in [0.4, 0.5) is 0 Å². The summed E-state index contributed by atoms with van der Waals surface area (Å²) in [4.78, 5) is 3.03. The third-order valence-corrected chi connectivity index (χ3v) is 7.99. The Kier molecular flexibility index (Phi) is 5.80. The highest BCUT2D eigenvalue weighted by atomic mass is 32.2. The molecule has 0 N–H and O–H groups in total. The summed E-state index contributed by atoms with van der Waals surface area (Å²) in [6.45, 7) is 12.3. The first-order valence-corrected chi connectivity index (χ1v) is 11.5. The van der Waals surface area contributed by atoms with Gasteiger partial charge in [0.2, 0.25) is 10.0 Å². The molecule has 1 aromatic rings. The molecule has 2 heterocycles. The van der Waals surface area contributed by atoms with Gasteiger partial charge in [0.15, 0.2) is 0 Å². The maximum Gasteiger partial charge on any atom is 0.243 e. The summed E-state index contributed by atoms with van der Waals surface area (Å²) in [6.07, 6.45) is 4.45. The molecule has 4 nitrogen and oxygen atoms in total. The molecular weight excluding hydrogens is 344 g/mol. The number of sulfonamides is 1. The minimum atomic E-state index is -3.39. The van der Waals surface area contributed by atoms with Gasteiger partial charge < -0.3 is 4.90 Å². The second-order valence-corrected chi connectivity index (χ2v) is 11.1. The lowest BCUT2D eigenvalue weighted by Crippen LogP contribution is -2.48. The van der Waals surface area contributed by atoms with Crippen molar-refractivity contribution in [3.63, 3.8) is 0 Å². The molecule has 2 saturated heterocycles. The van der Waals surface area contributed by atoms with Crippen molar-refractivity contribution in [3.05, 3.63) is 29.8 Å². The minimum absolute atomic E-state index is 0.0517. The molecule has 0 saturated carbocycles. The summed E-state index contributed by atoms with van der Waals surface area (Å²) in [5.74, 6) is 0.835. The fourth-order valence-electron chi connectivity index (χ4n) is 4.11. The molecule has 0 bridgehead atoms. The Hall–Kier alpha value is -0.910. The largest absolute Gasteiger partial charge is 0.300 e. The first kappa shape index (κ1) is 19.8. The minimum Gasteiger partial charge on any atom is -0.300 e. The summed E-state index contributed by atoms with van der Waals surface area (Å²) >= 11 is 0. The standard InChI is InChI=1S/C21H34N2O2S/c1-17-8-12-22(13-9-17)19-10-14-23(15-11-19)26(24,25)20-7-5-6-18(16-20)21(2,3)4/h5-7,16-17,19H,8-15H2,1-4H3. The highest BCUT2D eigenvalue weighted by Gasteiger charge is 2.33. The van der Waals surface area contributed by atoms with E-state index < -0.39 is 10.0 Å². The van der Waals surface area contributed by atoms with Gasteiger partial charge in [-0.05, 0) is 67.8 Å². The van der Waals surface area contributed by atoms with Gasteiger partial charge in [0, 0.05) is 19.1 Å². The van der Waals surface area contributed by atoms with E-state index in [-0.39, 0.29) is 5.41 Å². The molecule has 0 unspecified atom stereocenters. The van der Waals surface area contributed by atoms with E-state index in [0.717, 1.165) is 24.3 Å². The van der Waals surface area contributed by atoms with Crippen molar-refractivity contribution in [2.24, 2.45) is 5.92 Å². The maximum absolute atomic E-state index is 13.1. The number of nitrogens with zero attached hydrogens (tertiary/aromatic N) is 2. The van der Waals surface area contributed by atoms with Crippen molar-refractivity contribution in [2.45, 2.75) is 69.7 Å². The van der Waals surface area contributed by atoms with E-state index >= 15 is 0 Å². The third kappa shape index (κ3) is 4.32. The summed E-state index contributed by atoms with van der Waals surface area (Å²) in [5, 5.41) is 0. The predicted molar refractivity (Wildman–Crippen MR) is 107 cm³/mol. The molecule has 26 heavy (non-hydrogen) atoms. The Morgan fingerprint density at radius 3 is 2.15 bits per heavy atom. The number of hydrogen-bond acceptors (Lipinski definition) is 3. The molecule has 0 amide bonds. The predicted octanol–water partition coefficient (Wildman–Crippen LogP) is 3.87. The Bertz CT molecular complexity index is 708. The smallest absolute Gasteiger partial charge is 0.243 e. The Morgan fingerprint density at radius 2 is 1.58 bits per heavy atom. The van der Waals surface area contributed by atoms with Crippen LogP contribution in [0.5, 0.6) is 0 Å². The molecule has 146 valence electrons. The molecule has 3 rings (SSSR count). The second-order valence-electron chi connectivity index (χ2n) is 9.13. The van der Waals surface area contributed by atoms with Crippen LogP contribution in [0.3, 0.4) is 0 Å². The van der Waals surface area contributed by atoms with E-state index in [1.807, 2.05) is 18.2 Å². The van der Waals surface area contributed by atoms with Crippen LogP contribution in [0.15, 0.2) is 29.2 Å². The average Bonchev–Trinajstić information content (AvgIpc) is 2.62. The van der Waals surface area contributed by atoms with E-state index in [4.69, 9.17) is 0 Å². The van der Waals surface area contributed by atoms with Crippen LogP contribution >= 0.6 is 0 Å². The van der Waals surface area contributed by atoms with Gasteiger partial charge in [-0.2, -0.15) is 4.31 Å². The SMILES string of the molecule is CC1CCN(C2CCN(S(=O)(=O)c3cccc(C(C)(C)C)c3)CC2)CC1. The van der Waals surface area contributed by atoms with Gasteiger partial charge in [0.1, 0.15) is 0 Å². The zero-order valence-electron chi connectivity index (χ0n) is 16.7.